The normalized spacial score (nSPS) is 17.9. The van der Waals surface area contributed by atoms with E-state index < -0.39 is 0 Å². The first-order valence-electron chi connectivity index (χ1n) is 8.15. The van der Waals surface area contributed by atoms with Crippen LogP contribution in [0.1, 0.15) is 24.5 Å². The zero-order valence-corrected chi connectivity index (χ0v) is 13.5. The molecule has 118 valence electrons. The molecule has 4 nitrogen and oxygen atoms in total. The lowest BCUT2D eigenvalue weighted by Crippen LogP contribution is -2.26. The second-order valence-corrected chi connectivity index (χ2v) is 6.22. The number of benzene rings is 1. The molecule has 3 rings (SSSR count). The molecule has 1 aliphatic heterocycles. The van der Waals surface area contributed by atoms with Gasteiger partial charge in [0.15, 0.2) is 0 Å². The van der Waals surface area contributed by atoms with Crippen LogP contribution < -0.4 is 4.74 Å². The molecule has 0 spiro atoms. The molecule has 1 aromatic carbocycles. The summed E-state index contributed by atoms with van der Waals surface area (Å²) >= 11 is 0. The summed E-state index contributed by atoms with van der Waals surface area (Å²) in [5, 5.41) is 4.35. The lowest BCUT2D eigenvalue weighted by atomic mass is 9.96. The van der Waals surface area contributed by atoms with Gasteiger partial charge in [-0.1, -0.05) is 18.2 Å². The van der Waals surface area contributed by atoms with E-state index in [4.69, 9.17) is 4.74 Å². The van der Waals surface area contributed by atoms with Crippen molar-refractivity contribution in [1.82, 2.24) is 14.7 Å². The quantitative estimate of drug-likeness (QED) is 0.850. The van der Waals surface area contributed by atoms with Crippen molar-refractivity contribution in [3.05, 3.63) is 47.8 Å². The molecule has 0 bridgehead atoms. The molecule has 0 fully saturated rings. The van der Waals surface area contributed by atoms with Crippen LogP contribution >= 0.6 is 0 Å². The molecular weight excluding hydrogens is 274 g/mol. The van der Waals surface area contributed by atoms with Crippen LogP contribution in [0, 0.1) is 5.92 Å². The highest BCUT2D eigenvalue weighted by Gasteiger charge is 2.19. The molecule has 1 unspecified atom stereocenters. The third kappa shape index (κ3) is 3.69. The van der Waals surface area contributed by atoms with Crippen LogP contribution in [-0.2, 0) is 19.5 Å². The Balaban J connectivity index is 1.58. The van der Waals surface area contributed by atoms with Crippen molar-refractivity contribution in [2.45, 2.75) is 32.9 Å². The van der Waals surface area contributed by atoms with Gasteiger partial charge < -0.3 is 9.64 Å². The maximum atomic E-state index is 5.86. The molecule has 4 heteroatoms. The van der Waals surface area contributed by atoms with Crippen LogP contribution in [0.2, 0.25) is 0 Å². The van der Waals surface area contributed by atoms with Gasteiger partial charge in [0, 0.05) is 31.4 Å². The minimum atomic E-state index is 0.648. The Hall–Kier alpha value is -1.81. The van der Waals surface area contributed by atoms with Crippen molar-refractivity contribution in [2.75, 3.05) is 20.2 Å². The Morgan fingerprint density at radius 1 is 1.36 bits per heavy atom. The Morgan fingerprint density at radius 2 is 2.23 bits per heavy atom. The van der Waals surface area contributed by atoms with Crippen LogP contribution in [0.15, 0.2) is 36.7 Å². The van der Waals surface area contributed by atoms with Crippen molar-refractivity contribution in [2.24, 2.45) is 5.92 Å². The van der Waals surface area contributed by atoms with Gasteiger partial charge in [0.25, 0.3) is 0 Å². The van der Waals surface area contributed by atoms with Gasteiger partial charge in [-0.05, 0) is 44.4 Å². The molecule has 0 N–H and O–H groups in total. The molecule has 0 saturated carbocycles. The number of aromatic nitrogens is 2. The molecule has 22 heavy (non-hydrogen) atoms. The lowest BCUT2D eigenvalue weighted by molar-refractivity contribution is 0.235. The first kappa shape index (κ1) is 15.1. The first-order valence-corrected chi connectivity index (χ1v) is 8.15. The van der Waals surface area contributed by atoms with Crippen LogP contribution in [-0.4, -0.2) is 34.9 Å². The Morgan fingerprint density at radius 3 is 3.05 bits per heavy atom. The molecule has 2 aromatic rings. The predicted octanol–water partition coefficient (Wildman–Crippen LogP) is 2.98. The molecule has 0 saturated heterocycles. The number of rotatable bonds is 5. The van der Waals surface area contributed by atoms with Gasteiger partial charge in [0.1, 0.15) is 5.75 Å². The van der Waals surface area contributed by atoms with Crippen molar-refractivity contribution in [3.8, 4) is 5.75 Å². The zero-order valence-electron chi connectivity index (χ0n) is 13.5. The minimum Gasteiger partial charge on any atom is -0.493 e. The van der Waals surface area contributed by atoms with Gasteiger partial charge >= 0.3 is 0 Å². The fourth-order valence-corrected chi connectivity index (χ4v) is 3.20. The molecule has 1 atom stereocenters. The molecule has 0 aliphatic carbocycles. The zero-order chi connectivity index (χ0) is 15.4. The number of para-hydroxylation sites is 1. The van der Waals surface area contributed by atoms with Gasteiger partial charge in [-0.25, -0.2) is 0 Å². The van der Waals surface area contributed by atoms with E-state index in [1.54, 1.807) is 0 Å². The number of hydrogen-bond donors (Lipinski definition) is 0. The van der Waals surface area contributed by atoms with Gasteiger partial charge in [0.05, 0.1) is 12.8 Å². The Bertz CT molecular complexity index is 608. The smallest absolute Gasteiger partial charge is 0.122 e. The average molecular weight is 299 g/mol. The molecule has 1 aliphatic rings. The van der Waals surface area contributed by atoms with Crippen molar-refractivity contribution in [1.29, 1.82) is 0 Å². The standard InChI is InChI=1S/C18H25N3O/c1-3-21-14-16(11-19-21)13-20(2)12-15-8-9-22-18-7-5-4-6-17(18)10-15/h4-7,11,14-15H,3,8-10,12-13H2,1-2H3. The van der Waals surface area contributed by atoms with Crippen LogP contribution in [0.25, 0.3) is 0 Å². The van der Waals surface area contributed by atoms with Crippen molar-refractivity contribution < 1.29 is 4.74 Å². The fraction of sp³-hybridized carbons (Fsp3) is 0.500. The fourth-order valence-electron chi connectivity index (χ4n) is 3.20. The number of nitrogens with zero attached hydrogens (tertiary/aromatic N) is 3. The molecular formula is C18H25N3O. The van der Waals surface area contributed by atoms with E-state index in [1.807, 2.05) is 10.9 Å². The second kappa shape index (κ2) is 6.97. The van der Waals surface area contributed by atoms with E-state index in [9.17, 15) is 0 Å². The molecule has 2 heterocycles. The highest BCUT2D eigenvalue weighted by Crippen LogP contribution is 2.27. The van der Waals surface area contributed by atoms with Gasteiger partial charge in [-0.3, -0.25) is 4.68 Å². The van der Waals surface area contributed by atoms with Crippen LogP contribution in [0.5, 0.6) is 5.75 Å². The van der Waals surface area contributed by atoms with E-state index in [0.29, 0.717) is 5.92 Å². The largest absolute Gasteiger partial charge is 0.493 e. The molecule has 0 amide bonds. The number of aryl methyl sites for hydroxylation is 1. The number of fused-ring (bicyclic) bond motifs is 1. The summed E-state index contributed by atoms with van der Waals surface area (Å²) in [5.74, 6) is 1.71. The summed E-state index contributed by atoms with van der Waals surface area (Å²) in [7, 11) is 2.20. The third-order valence-corrected chi connectivity index (χ3v) is 4.30. The summed E-state index contributed by atoms with van der Waals surface area (Å²) < 4.78 is 7.85. The highest BCUT2D eigenvalue weighted by atomic mass is 16.5. The maximum Gasteiger partial charge on any atom is 0.122 e. The topological polar surface area (TPSA) is 30.3 Å². The average Bonchev–Trinajstić information content (AvgIpc) is 2.86. The highest BCUT2D eigenvalue weighted by molar-refractivity contribution is 5.34. The predicted molar refractivity (Wildman–Crippen MR) is 88.0 cm³/mol. The summed E-state index contributed by atoms with van der Waals surface area (Å²) in [6, 6.07) is 8.43. The lowest BCUT2D eigenvalue weighted by Gasteiger charge is -2.22. The SMILES string of the molecule is CCn1cc(CN(C)CC2CCOc3ccccc3C2)cn1. The second-order valence-electron chi connectivity index (χ2n) is 6.22. The summed E-state index contributed by atoms with van der Waals surface area (Å²) in [6.45, 7) is 5.92. The van der Waals surface area contributed by atoms with E-state index >= 15 is 0 Å². The van der Waals surface area contributed by atoms with Gasteiger partial charge in [-0.15, -0.1) is 0 Å². The summed E-state index contributed by atoms with van der Waals surface area (Å²) in [4.78, 5) is 2.40. The van der Waals surface area contributed by atoms with Crippen LogP contribution in [0.4, 0.5) is 0 Å². The Kier molecular flexibility index (Phi) is 4.78. The molecule has 1 aromatic heterocycles. The van der Waals surface area contributed by atoms with E-state index in [-0.39, 0.29) is 0 Å². The monoisotopic (exact) mass is 299 g/mol. The first-order chi connectivity index (χ1) is 10.7. The van der Waals surface area contributed by atoms with E-state index in [2.05, 4.69) is 54.4 Å². The van der Waals surface area contributed by atoms with E-state index in [1.165, 1.54) is 11.1 Å². The van der Waals surface area contributed by atoms with E-state index in [0.717, 1.165) is 44.8 Å². The third-order valence-electron chi connectivity index (χ3n) is 4.30. The summed E-state index contributed by atoms with van der Waals surface area (Å²) in [6.07, 6.45) is 6.34. The maximum absolute atomic E-state index is 5.86. The van der Waals surface area contributed by atoms with Gasteiger partial charge in [-0.2, -0.15) is 5.10 Å². The van der Waals surface area contributed by atoms with Crippen molar-refractivity contribution >= 4 is 0 Å². The van der Waals surface area contributed by atoms with Crippen molar-refractivity contribution in [3.63, 3.8) is 0 Å². The minimum absolute atomic E-state index is 0.648. The Labute approximate surface area is 132 Å². The van der Waals surface area contributed by atoms with Crippen LogP contribution in [0.3, 0.4) is 0 Å². The molecule has 0 radical (unpaired) electrons. The number of ether oxygens (including phenoxy) is 1. The summed E-state index contributed by atoms with van der Waals surface area (Å²) in [5.41, 5.74) is 2.63. The van der Waals surface area contributed by atoms with Gasteiger partial charge in [0.2, 0.25) is 0 Å². The number of hydrogen-bond acceptors (Lipinski definition) is 3.